The van der Waals surface area contributed by atoms with Crippen LogP contribution in [0.1, 0.15) is 35.0 Å². The van der Waals surface area contributed by atoms with Crippen LogP contribution in [-0.2, 0) is 9.53 Å². The fourth-order valence-corrected chi connectivity index (χ4v) is 1.53. The van der Waals surface area contributed by atoms with Gasteiger partial charge in [-0.1, -0.05) is 6.08 Å². The molecule has 1 aromatic rings. The van der Waals surface area contributed by atoms with E-state index >= 15 is 0 Å². The summed E-state index contributed by atoms with van der Waals surface area (Å²) in [7, 11) is 1.29. The molecule has 1 aliphatic rings. The Bertz CT molecular complexity index is 474. The van der Waals surface area contributed by atoms with Gasteiger partial charge in [0.25, 0.3) is 5.91 Å². The first-order chi connectivity index (χ1) is 8.72. The quantitative estimate of drug-likeness (QED) is 0.623. The summed E-state index contributed by atoms with van der Waals surface area (Å²) in [6.45, 7) is 0.235. The second kappa shape index (κ2) is 5.48. The Morgan fingerprint density at radius 2 is 2.39 bits per heavy atom. The summed E-state index contributed by atoms with van der Waals surface area (Å²) in [5.41, 5.74) is 0.726. The van der Waals surface area contributed by atoms with Gasteiger partial charge in [-0.25, -0.2) is 9.78 Å². The Labute approximate surface area is 104 Å². The first-order valence-corrected chi connectivity index (χ1v) is 5.68. The van der Waals surface area contributed by atoms with E-state index < -0.39 is 5.97 Å². The number of esters is 1. The van der Waals surface area contributed by atoms with Gasteiger partial charge in [-0.3, -0.25) is 4.79 Å². The summed E-state index contributed by atoms with van der Waals surface area (Å²) in [6, 6.07) is 0. The van der Waals surface area contributed by atoms with Gasteiger partial charge >= 0.3 is 5.97 Å². The van der Waals surface area contributed by atoms with E-state index in [0.717, 1.165) is 18.5 Å². The maximum Gasteiger partial charge on any atom is 0.330 e. The van der Waals surface area contributed by atoms with Gasteiger partial charge in [-0.15, -0.1) is 0 Å². The van der Waals surface area contributed by atoms with Crippen molar-refractivity contribution in [2.24, 2.45) is 0 Å². The summed E-state index contributed by atoms with van der Waals surface area (Å²) in [6.07, 6.45) is 6.15. The van der Waals surface area contributed by atoms with Crippen LogP contribution in [-0.4, -0.2) is 30.5 Å². The van der Waals surface area contributed by atoms with Crippen LogP contribution in [0, 0.1) is 0 Å². The number of ether oxygens (including phenoxy) is 1. The predicted molar refractivity (Wildman–Crippen MR) is 62.0 cm³/mol. The van der Waals surface area contributed by atoms with E-state index in [4.69, 9.17) is 4.42 Å². The normalized spacial score (nSPS) is 14.7. The number of oxazole rings is 1. The molecule has 0 atom stereocenters. The van der Waals surface area contributed by atoms with Crippen LogP contribution in [0.15, 0.2) is 23.0 Å². The van der Waals surface area contributed by atoms with Crippen molar-refractivity contribution in [2.45, 2.75) is 18.8 Å². The number of amides is 1. The highest BCUT2D eigenvalue weighted by atomic mass is 16.5. The number of methoxy groups -OCH3 is 1. The summed E-state index contributed by atoms with van der Waals surface area (Å²) < 4.78 is 9.51. The van der Waals surface area contributed by atoms with Crippen LogP contribution in [0.5, 0.6) is 0 Å². The molecular formula is C12H14N2O4. The minimum atomic E-state index is -0.456. The lowest BCUT2D eigenvalue weighted by Gasteiger charge is -2.00. The topological polar surface area (TPSA) is 81.4 Å². The van der Waals surface area contributed by atoms with Crippen LogP contribution in [0.3, 0.4) is 0 Å². The number of nitrogens with zero attached hydrogens (tertiary/aromatic N) is 1. The largest absolute Gasteiger partial charge is 0.466 e. The van der Waals surface area contributed by atoms with Crippen LogP contribution in [0.2, 0.25) is 0 Å². The van der Waals surface area contributed by atoms with Gasteiger partial charge in [0, 0.05) is 18.5 Å². The van der Waals surface area contributed by atoms with Crippen molar-refractivity contribution >= 4 is 11.9 Å². The predicted octanol–water partition coefficient (Wildman–Crippen LogP) is 1.01. The molecule has 1 amide bonds. The lowest BCUT2D eigenvalue weighted by Crippen LogP contribution is -2.24. The molecular weight excluding hydrogens is 236 g/mol. The van der Waals surface area contributed by atoms with Crippen LogP contribution in [0.25, 0.3) is 0 Å². The number of carbonyl (C=O) groups is 2. The van der Waals surface area contributed by atoms with Gasteiger partial charge < -0.3 is 14.5 Å². The fraction of sp³-hybridized carbons (Fsp3) is 0.417. The molecule has 0 aromatic carbocycles. The van der Waals surface area contributed by atoms with E-state index in [2.05, 4.69) is 15.0 Å². The molecule has 0 aliphatic heterocycles. The molecule has 18 heavy (non-hydrogen) atoms. The Balaban J connectivity index is 1.86. The number of aromatic nitrogens is 1. The van der Waals surface area contributed by atoms with Crippen molar-refractivity contribution in [3.8, 4) is 0 Å². The first kappa shape index (κ1) is 12.3. The minimum absolute atomic E-state index is 0.235. The number of hydrogen-bond acceptors (Lipinski definition) is 5. The third-order valence-corrected chi connectivity index (χ3v) is 2.60. The highest BCUT2D eigenvalue weighted by Gasteiger charge is 2.31. The van der Waals surface area contributed by atoms with Gasteiger partial charge in [-0.05, 0) is 12.8 Å². The summed E-state index contributed by atoms with van der Waals surface area (Å²) >= 11 is 0. The van der Waals surface area contributed by atoms with Crippen LogP contribution in [0.4, 0.5) is 0 Å². The molecule has 1 saturated carbocycles. The van der Waals surface area contributed by atoms with Crippen molar-refractivity contribution in [3.63, 3.8) is 0 Å². The summed E-state index contributed by atoms with van der Waals surface area (Å²) in [4.78, 5) is 26.6. The SMILES string of the molecule is COC(=O)/C=C/CNC(=O)c1ocnc1C1CC1. The van der Waals surface area contributed by atoms with E-state index in [1.165, 1.54) is 25.7 Å². The number of rotatable bonds is 5. The van der Waals surface area contributed by atoms with Crippen molar-refractivity contribution in [3.05, 3.63) is 30.0 Å². The highest BCUT2D eigenvalue weighted by molar-refractivity contribution is 5.92. The maximum absolute atomic E-state index is 11.8. The van der Waals surface area contributed by atoms with Gasteiger partial charge in [-0.2, -0.15) is 0 Å². The Morgan fingerprint density at radius 3 is 3.06 bits per heavy atom. The Kier molecular flexibility index (Phi) is 3.76. The molecule has 1 aromatic heterocycles. The van der Waals surface area contributed by atoms with Crippen molar-refractivity contribution < 1.29 is 18.7 Å². The molecule has 1 fully saturated rings. The standard InChI is InChI=1S/C12H14N2O4/c1-17-9(15)3-2-6-13-12(16)11-10(8-4-5-8)14-7-18-11/h2-3,7-8H,4-6H2,1H3,(H,13,16)/b3-2+. The van der Waals surface area contributed by atoms with Crippen molar-refractivity contribution in [2.75, 3.05) is 13.7 Å². The van der Waals surface area contributed by atoms with Gasteiger partial charge in [0.2, 0.25) is 5.76 Å². The molecule has 2 rings (SSSR count). The Morgan fingerprint density at radius 1 is 1.61 bits per heavy atom. The molecule has 1 N–H and O–H groups in total. The zero-order chi connectivity index (χ0) is 13.0. The van der Waals surface area contributed by atoms with Gasteiger partial charge in [0.15, 0.2) is 6.39 Å². The molecule has 1 aliphatic carbocycles. The second-order valence-electron chi connectivity index (χ2n) is 3.98. The van der Waals surface area contributed by atoms with Crippen molar-refractivity contribution in [1.82, 2.24) is 10.3 Å². The molecule has 96 valence electrons. The van der Waals surface area contributed by atoms with Crippen molar-refractivity contribution in [1.29, 1.82) is 0 Å². The molecule has 0 spiro atoms. The second-order valence-corrected chi connectivity index (χ2v) is 3.98. The Hall–Kier alpha value is -2.11. The van der Waals surface area contributed by atoms with E-state index in [1.807, 2.05) is 0 Å². The molecule has 0 saturated heterocycles. The summed E-state index contributed by atoms with van der Waals surface area (Å²) in [5, 5.41) is 2.62. The number of hydrogen-bond donors (Lipinski definition) is 1. The van der Waals surface area contributed by atoms with Gasteiger partial charge in [0.05, 0.1) is 12.8 Å². The van der Waals surface area contributed by atoms with E-state index in [0.29, 0.717) is 5.92 Å². The lowest BCUT2D eigenvalue weighted by molar-refractivity contribution is -0.134. The third kappa shape index (κ3) is 2.97. The number of nitrogens with one attached hydrogen (secondary N) is 1. The molecule has 0 bridgehead atoms. The van der Waals surface area contributed by atoms with E-state index in [-0.39, 0.29) is 18.2 Å². The fourth-order valence-electron chi connectivity index (χ4n) is 1.53. The smallest absolute Gasteiger partial charge is 0.330 e. The van der Waals surface area contributed by atoms with Crippen LogP contribution >= 0.6 is 0 Å². The molecule has 6 heteroatoms. The lowest BCUT2D eigenvalue weighted by atomic mass is 10.2. The average Bonchev–Trinajstić information content (AvgIpc) is 3.11. The zero-order valence-electron chi connectivity index (χ0n) is 10.0. The minimum Gasteiger partial charge on any atom is -0.466 e. The maximum atomic E-state index is 11.8. The van der Waals surface area contributed by atoms with Crippen LogP contribution < -0.4 is 5.32 Å². The van der Waals surface area contributed by atoms with E-state index in [9.17, 15) is 9.59 Å². The zero-order valence-corrected chi connectivity index (χ0v) is 10.0. The van der Waals surface area contributed by atoms with Gasteiger partial charge in [0.1, 0.15) is 0 Å². The van der Waals surface area contributed by atoms with E-state index in [1.54, 1.807) is 0 Å². The highest BCUT2D eigenvalue weighted by Crippen LogP contribution is 2.40. The monoisotopic (exact) mass is 250 g/mol. The summed E-state index contributed by atoms with van der Waals surface area (Å²) in [5.74, 6) is -0.148. The molecule has 0 unspecified atom stereocenters. The first-order valence-electron chi connectivity index (χ1n) is 5.68. The number of carbonyl (C=O) groups excluding carboxylic acids is 2. The molecule has 6 nitrogen and oxygen atoms in total. The average molecular weight is 250 g/mol. The third-order valence-electron chi connectivity index (χ3n) is 2.60. The molecule has 0 radical (unpaired) electrons. The molecule has 1 heterocycles.